The molecule has 0 aliphatic carbocycles. The third-order valence-electron chi connectivity index (χ3n) is 5.00. The maximum absolute atomic E-state index is 13.2. The van der Waals surface area contributed by atoms with Gasteiger partial charge in [0.25, 0.3) is 0 Å². The molecular formula is C18H23N7O2S2. The maximum Gasteiger partial charge on any atom is 0.244 e. The maximum atomic E-state index is 13.2. The number of hydrogen-bond acceptors (Lipinski definition) is 8. The van der Waals surface area contributed by atoms with Crippen molar-refractivity contribution in [2.24, 2.45) is 0 Å². The Kier molecular flexibility index (Phi) is 5.13. The second-order valence-electron chi connectivity index (χ2n) is 7.31. The highest BCUT2D eigenvalue weighted by Gasteiger charge is 2.36. The number of nitrogens with two attached hydrogens (primary N) is 2. The fourth-order valence-corrected chi connectivity index (χ4v) is 6.59. The van der Waals surface area contributed by atoms with Gasteiger partial charge in [0.1, 0.15) is 5.52 Å². The van der Waals surface area contributed by atoms with Crippen molar-refractivity contribution in [1.82, 2.24) is 23.8 Å². The van der Waals surface area contributed by atoms with Gasteiger partial charge in [0, 0.05) is 12.3 Å². The van der Waals surface area contributed by atoms with Crippen molar-refractivity contribution < 1.29 is 8.42 Å². The van der Waals surface area contributed by atoms with Crippen LogP contribution in [0, 0.1) is 0 Å². The second-order valence-corrected chi connectivity index (χ2v) is 10.2. The molecule has 0 spiro atoms. The van der Waals surface area contributed by atoms with E-state index in [4.69, 9.17) is 11.5 Å². The van der Waals surface area contributed by atoms with Crippen molar-refractivity contribution in [3.8, 4) is 0 Å². The van der Waals surface area contributed by atoms with Crippen LogP contribution in [0.4, 0.5) is 11.8 Å². The molecule has 1 aromatic carbocycles. The van der Waals surface area contributed by atoms with E-state index < -0.39 is 10.0 Å². The molecule has 3 heterocycles. The Bertz CT molecular complexity index is 1140. The van der Waals surface area contributed by atoms with E-state index in [1.165, 1.54) is 0 Å². The number of sulfonamides is 1. The van der Waals surface area contributed by atoms with Gasteiger partial charge >= 0.3 is 0 Å². The van der Waals surface area contributed by atoms with Crippen LogP contribution >= 0.6 is 11.8 Å². The van der Waals surface area contributed by atoms with Crippen molar-refractivity contribution in [3.63, 3.8) is 0 Å². The van der Waals surface area contributed by atoms with Crippen LogP contribution in [0.25, 0.3) is 11.2 Å². The van der Waals surface area contributed by atoms with Crippen LogP contribution in [0.2, 0.25) is 0 Å². The van der Waals surface area contributed by atoms with Gasteiger partial charge in [-0.05, 0) is 23.6 Å². The standard InChI is InChI=1S/C18H23N7O2S2/c1-11(2)12-3-5-14(6-4-12)29(26,27)25-10-28-8-13(25)7-24-9-21-15-16(19)22-18(20)23-17(15)24/h3-6,9,11,13H,7-8,10H2,1-2H3,(H4,19,20,22,23). The molecule has 29 heavy (non-hydrogen) atoms. The van der Waals surface area contributed by atoms with Gasteiger partial charge in [0.15, 0.2) is 11.5 Å². The van der Waals surface area contributed by atoms with E-state index >= 15 is 0 Å². The number of benzene rings is 1. The minimum Gasteiger partial charge on any atom is -0.382 e. The van der Waals surface area contributed by atoms with Crippen LogP contribution in [0.1, 0.15) is 25.3 Å². The molecule has 154 valence electrons. The van der Waals surface area contributed by atoms with E-state index in [1.807, 2.05) is 12.1 Å². The zero-order valence-corrected chi connectivity index (χ0v) is 17.8. The Morgan fingerprint density at radius 2 is 1.93 bits per heavy atom. The first-order chi connectivity index (χ1) is 13.8. The highest BCUT2D eigenvalue weighted by atomic mass is 32.2. The van der Waals surface area contributed by atoms with Crippen molar-refractivity contribution in [2.75, 3.05) is 23.1 Å². The van der Waals surface area contributed by atoms with E-state index in [0.29, 0.717) is 40.2 Å². The van der Waals surface area contributed by atoms with Gasteiger partial charge in [-0.15, -0.1) is 11.8 Å². The summed E-state index contributed by atoms with van der Waals surface area (Å²) in [6, 6.07) is 6.89. The van der Waals surface area contributed by atoms with Gasteiger partial charge in [-0.1, -0.05) is 26.0 Å². The molecule has 0 radical (unpaired) electrons. The lowest BCUT2D eigenvalue weighted by atomic mass is 10.0. The molecule has 1 unspecified atom stereocenters. The van der Waals surface area contributed by atoms with Gasteiger partial charge in [0.2, 0.25) is 16.0 Å². The normalized spacial score (nSPS) is 18.1. The lowest BCUT2D eigenvalue weighted by Crippen LogP contribution is -2.39. The Balaban J connectivity index is 1.62. The molecule has 4 rings (SSSR count). The van der Waals surface area contributed by atoms with E-state index in [-0.39, 0.29) is 17.8 Å². The first kappa shape index (κ1) is 19.9. The fourth-order valence-electron chi connectivity index (χ4n) is 3.38. The number of aromatic nitrogens is 4. The Morgan fingerprint density at radius 3 is 2.62 bits per heavy atom. The molecule has 1 saturated heterocycles. The summed E-state index contributed by atoms with van der Waals surface area (Å²) in [5.41, 5.74) is 13.7. The molecule has 1 fully saturated rings. The summed E-state index contributed by atoms with van der Waals surface area (Å²) in [6.45, 7) is 4.56. The van der Waals surface area contributed by atoms with Gasteiger partial charge in [-0.2, -0.15) is 14.3 Å². The van der Waals surface area contributed by atoms with Crippen LogP contribution in [0.15, 0.2) is 35.5 Å². The predicted octanol–water partition coefficient (Wildman–Crippen LogP) is 1.88. The molecule has 0 amide bonds. The summed E-state index contributed by atoms with van der Waals surface area (Å²) < 4.78 is 29.8. The molecule has 1 aliphatic rings. The third kappa shape index (κ3) is 3.65. The number of thioether (sulfide) groups is 1. The van der Waals surface area contributed by atoms with Gasteiger partial charge in [-0.3, -0.25) is 0 Å². The Morgan fingerprint density at radius 1 is 1.21 bits per heavy atom. The van der Waals surface area contributed by atoms with Crippen LogP contribution in [-0.4, -0.2) is 49.9 Å². The number of imidazole rings is 1. The SMILES string of the molecule is CC(C)c1ccc(S(=O)(=O)N2CSCC2Cn2cnc3c(N)nc(N)nc32)cc1. The average Bonchev–Trinajstić information content (AvgIpc) is 3.30. The molecule has 0 saturated carbocycles. The Hall–Kier alpha value is -2.37. The van der Waals surface area contributed by atoms with E-state index in [0.717, 1.165) is 5.56 Å². The zero-order chi connectivity index (χ0) is 20.8. The molecule has 1 atom stereocenters. The van der Waals surface area contributed by atoms with Crippen molar-refractivity contribution in [1.29, 1.82) is 0 Å². The van der Waals surface area contributed by atoms with Gasteiger partial charge in [0.05, 0.1) is 23.1 Å². The summed E-state index contributed by atoms with van der Waals surface area (Å²) >= 11 is 1.58. The molecule has 4 N–H and O–H groups in total. The number of fused-ring (bicyclic) bond motifs is 1. The van der Waals surface area contributed by atoms with Gasteiger partial charge < -0.3 is 16.0 Å². The number of nitrogen functional groups attached to an aromatic ring is 2. The molecule has 9 nitrogen and oxygen atoms in total. The first-order valence-electron chi connectivity index (χ1n) is 9.20. The fraction of sp³-hybridized carbons (Fsp3) is 0.389. The predicted molar refractivity (Wildman–Crippen MR) is 115 cm³/mol. The highest BCUT2D eigenvalue weighted by molar-refractivity contribution is 8.00. The number of rotatable bonds is 5. The quantitative estimate of drug-likeness (QED) is 0.623. The molecule has 3 aromatic rings. The topological polar surface area (TPSA) is 133 Å². The number of nitrogens with zero attached hydrogens (tertiary/aromatic N) is 5. The highest BCUT2D eigenvalue weighted by Crippen LogP contribution is 2.30. The third-order valence-corrected chi connectivity index (χ3v) is 8.16. The minimum absolute atomic E-state index is 0.0623. The summed E-state index contributed by atoms with van der Waals surface area (Å²) in [7, 11) is -3.61. The van der Waals surface area contributed by atoms with E-state index in [1.54, 1.807) is 39.1 Å². The summed E-state index contributed by atoms with van der Waals surface area (Å²) in [5, 5.41) is 0. The Labute approximate surface area is 173 Å². The summed E-state index contributed by atoms with van der Waals surface area (Å²) in [5.74, 6) is 1.70. The average molecular weight is 434 g/mol. The number of anilines is 2. The molecule has 11 heteroatoms. The van der Waals surface area contributed by atoms with Gasteiger partial charge in [-0.25, -0.2) is 13.4 Å². The molecule has 2 aromatic heterocycles. The van der Waals surface area contributed by atoms with Crippen LogP contribution in [0.5, 0.6) is 0 Å². The summed E-state index contributed by atoms with van der Waals surface area (Å²) in [4.78, 5) is 12.7. The van der Waals surface area contributed by atoms with E-state index in [9.17, 15) is 8.42 Å². The minimum atomic E-state index is -3.61. The van der Waals surface area contributed by atoms with Crippen LogP contribution in [0.3, 0.4) is 0 Å². The number of hydrogen-bond donors (Lipinski definition) is 2. The molecule has 1 aliphatic heterocycles. The smallest absolute Gasteiger partial charge is 0.244 e. The van der Waals surface area contributed by atoms with Crippen molar-refractivity contribution in [3.05, 3.63) is 36.2 Å². The van der Waals surface area contributed by atoms with E-state index in [2.05, 4.69) is 28.8 Å². The molecular weight excluding hydrogens is 410 g/mol. The van der Waals surface area contributed by atoms with Crippen LogP contribution < -0.4 is 11.5 Å². The first-order valence-corrected chi connectivity index (χ1v) is 11.8. The monoisotopic (exact) mass is 433 g/mol. The van der Waals surface area contributed by atoms with Crippen molar-refractivity contribution in [2.45, 2.75) is 37.2 Å². The second kappa shape index (κ2) is 7.47. The van der Waals surface area contributed by atoms with Crippen molar-refractivity contribution >= 4 is 44.7 Å². The molecule has 0 bridgehead atoms. The lowest BCUT2D eigenvalue weighted by molar-refractivity contribution is 0.365. The zero-order valence-electron chi connectivity index (χ0n) is 16.2. The summed E-state index contributed by atoms with van der Waals surface area (Å²) in [6.07, 6.45) is 1.60. The lowest BCUT2D eigenvalue weighted by Gasteiger charge is -2.24. The van der Waals surface area contributed by atoms with Crippen LogP contribution in [-0.2, 0) is 16.6 Å². The largest absolute Gasteiger partial charge is 0.382 e.